The fourth-order valence-corrected chi connectivity index (χ4v) is 3.18. The van der Waals surface area contributed by atoms with Crippen LogP contribution in [0.5, 0.6) is 0 Å². The molecule has 1 atom stereocenters. The summed E-state index contributed by atoms with van der Waals surface area (Å²) < 4.78 is 5.82. The van der Waals surface area contributed by atoms with Crippen LogP contribution in [0.1, 0.15) is 46.3 Å². The molecule has 1 aliphatic rings. The molecular weight excluding hydrogens is 340 g/mol. The van der Waals surface area contributed by atoms with Gasteiger partial charge in [-0.25, -0.2) is 4.98 Å². The predicted octanol–water partition coefficient (Wildman–Crippen LogP) is 1.91. The molecular formula is C20H38N6O. The van der Waals surface area contributed by atoms with Crippen molar-refractivity contribution >= 4 is 5.96 Å². The molecule has 0 saturated carbocycles. The highest BCUT2D eigenvalue weighted by atomic mass is 16.4. The van der Waals surface area contributed by atoms with Gasteiger partial charge in [-0.3, -0.25) is 4.99 Å². The Morgan fingerprint density at radius 1 is 1.22 bits per heavy atom. The van der Waals surface area contributed by atoms with Gasteiger partial charge >= 0.3 is 0 Å². The molecule has 1 fully saturated rings. The molecule has 2 rings (SSSR count). The first-order valence-electron chi connectivity index (χ1n) is 10.2. The zero-order valence-electron chi connectivity index (χ0n) is 18.0. The van der Waals surface area contributed by atoms with E-state index in [2.05, 4.69) is 65.0 Å². The van der Waals surface area contributed by atoms with E-state index >= 15 is 0 Å². The number of oxazole rings is 1. The molecule has 1 aromatic heterocycles. The van der Waals surface area contributed by atoms with Gasteiger partial charge in [-0.05, 0) is 12.5 Å². The summed E-state index contributed by atoms with van der Waals surface area (Å²) in [5, 5.41) is 6.70. The maximum absolute atomic E-state index is 5.82. The molecule has 0 spiro atoms. The summed E-state index contributed by atoms with van der Waals surface area (Å²) in [4.78, 5) is 13.7. The zero-order chi connectivity index (χ0) is 19.9. The van der Waals surface area contributed by atoms with Crippen LogP contribution in [0.2, 0.25) is 0 Å². The van der Waals surface area contributed by atoms with E-state index in [9.17, 15) is 0 Å². The van der Waals surface area contributed by atoms with Gasteiger partial charge in [0.25, 0.3) is 0 Å². The molecule has 0 aliphatic carbocycles. The van der Waals surface area contributed by atoms with E-state index < -0.39 is 0 Å². The van der Waals surface area contributed by atoms with Crippen molar-refractivity contribution in [3.63, 3.8) is 0 Å². The summed E-state index contributed by atoms with van der Waals surface area (Å²) in [6.45, 7) is 19.3. The van der Waals surface area contributed by atoms with E-state index in [1.54, 1.807) is 7.05 Å². The van der Waals surface area contributed by atoms with Crippen LogP contribution in [-0.2, 0) is 12.0 Å². The fourth-order valence-electron chi connectivity index (χ4n) is 3.18. The third-order valence-electron chi connectivity index (χ3n) is 5.02. The van der Waals surface area contributed by atoms with E-state index in [0.29, 0.717) is 18.4 Å². The van der Waals surface area contributed by atoms with Crippen molar-refractivity contribution in [1.82, 2.24) is 25.4 Å². The lowest BCUT2D eigenvalue weighted by molar-refractivity contribution is 0.124. The van der Waals surface area contributed by atoms with Crippen LogP contribution in [0.25, 0.3) is 0 Å². The molecule has 1 unspecified atom stereocenters. The summed E-state index contributed by atoms with van der Waals surface area (Å²) >= 11 is 0. The quantitative estimate of drug-likeness (QED) is 0.558. The van der Waals surface area contributed by atoms with Gasteiger partial charge in [-0.15, -0.1) is 0 Å². The van der Waals surface area contributed by atoms with Crippen LogP contribution in [0.3, 0.4) is 0 Å². The Bertz CT molecular complexity index is 584. The second kappa shape index (κ2) is 10.1. The topological polar surface area (TPSA) is 68.9 Å². The largest absolute Gasteiger partial charge is 0.443 e. The fraction of sp³-hybridized carbons (Fsp3) is 0.800. The summed E-state index contributed by atoms with van der Waals surface area (Å²) in [6.07, 6.45) is 1.81. The third-order valence-corrected chi connectivity index (χ3v) is 5.02. The predicted molar refractivity (Wildman–Crippen MR) is 111 cm³/mol. The van der Waals surface area contributed by atoms with Crippen LogP contribution in [0.4, 0.5) is 0 Å². The molecule has 1 aromatic rings. The SMILES string of the molecule is CCN1CCN(CC(C)CNC(=NC)NCc2ncc(C(C)(C)C)o2)CC1. The number of aromatic nitrogens is 1. The lowest BCUT2D eigenvalue weighted by atomic mass is 9.94. The highest BCUT2D eigenvalue weighted by molar-refractivity contribution is 5.79. The Morgan fingerprint density at radius 2 is 1.89 bits per heavy atom. The van der Waals surface area contributed by atoms with Crippen molar-refractivity contribution in [2.24, 2.45) is 10.9 Å². The van der Waals surface area contributed by atoms with Gasteiger partial charge in [0.2, 0.25) is 5.89 Å². The molecule has 0 aromatic carbocycles. The standard InChI is InChI=1S/C20H38N6O/c1-7-25-8-10-26(11-9-25)15-16(2)12-23-19(21-6)24-14-18-22-13-17(27-18)20(3,4)5/h13,16H,7-12,14-15H2,1-6H3,(H2,21,23,24). The Hall–Kier alpha value is -1.60. The first-order valence-corrected chi connectivity index (χ1v) is 10.2. The average molecular weight is 379 g/mol. The highest BCUT2D eigenvalue weighted by Crippen LogP contribution is 2.22. The lowest BCUT2D eigenvalue weighted by Crippen LogP contribution is -2.48. The molecule has 0 bridgehead atoms. The van der Waals surface area contributed by atoms with Gasteiger partial charge in [0.15, 0.2) is 5.96 Å². The van der Waals surface area contributed by atoms with E-state index in [1.165, 1.54) is 26.2 Å². The zero-order valence-corrected chi connectivity index (χ0v) is 18.0. The third kappa shape index (κ3) is 7.14. The molecule has 1 saturated heterocycles. The van der Waals surface area contributed by atoms with Crippen molar-refractivity contribution in [2.45, 2.75) is 46.6 Å². The normalized spacial score (nSPS) is 18.5. The Balaban J connectivity index is 1.70. The van der Waals surface area contributed by atoms with Gasteiger partial charge in [-0.2, -0.15) is 0 Å². The Labute approximate surface area is 164 Å². The molecule has 2 N–H and O–H groups in total. The monoisotopic (exact) mass is 378 g/mol. The van der Waals surface area contributed by atoms with E-state index in [4.69, 9.17) is 4.42 Å². The van der Waals surface area contributed by atoms with Crippen molar-refractivity contribution < 1.29 is 4.42 Å². The van der Waals surface area contributed by atoms with Crippen molar-refractivity contribution in [3.8, 4) is 0 Å². The number of aliphatic imine (C=N–C) groups is 1. The van der Waals surface area contributed by atoms with Crippen molar-refractivity contribution in [3.05, 3.63) is 17.8 Å². The minimum Gasteiger partial charge on any atom is -0.443 e. The first kappa shape index (κ1) is 21.7. The summed E-state index contributed by atoms with van der Waals surface area (Å²) in [7, 11) is 1.79. The lowest BCUT2D eigenvalue weighted by Gasteiger charge is -2.35. The first-order chi connectivity index (χ1) is 12.8. The van der Waals surface area contributed by atoms with Crippen LogP contribution in [0.15, 0.2) is 15.6 Å². The molecule has 1 aliphatic heterocycles. The second-order valence-electron chi connectivity index (χ2n) is 8.51. The van der Waals surface area contributed by atoms with Crippen LogP contribution in [-0.4, -0.2) is 73.6 Å². The number of likely N-dealkylation sites (N-methyl/N-ethyl adjacent to an activating group) is 1. The minimum absolute atomic E-state index is 0.0246. The number of piperazine rings is 1. The van der Waals surface area contributed by atoms with Gasteiger partial charge in [0.1, 0.15) is 5.76 Å². The van der Waals surface area contributed by atoms with Crippen LogP contribution < -0.4 is 10.6 Å². The molecule has 7 heteroatoms. The van der Waals surface area contributed by atoms with Crippen LogP contribution in [0, 0.1) is 5.92 Å². The van der Waals surface area contributed by atoms with Gasteiger partial charge < -0.3 is 24.9 Å². The van der Waals surface area contributed by atoms with E-state index in [1.807, 2.05) is 6.20 Å². The molecule has 27 heavy (non-hydrogen) atoms. The number of nitrogens with zero attached hydrogens (tertiary/aromatic N) is 4. The van der Waals surface area contributed by atoms with Crippen LogP contribution >= 0.6 is 0 Å². The molecule has 154 valence electrons. The Morgan fingerprint density at radius 3 is 2.44 bits per heavy atom. The minimum atomic E-state index is -0.0246. The van der Waals surface area contributed by atoms with Crippen molar-refractivity contribution in [1.29, 1.82) is 0 Å². The number of hydrogen-bond donors (Lipinski definition) is 2. The second-order valence-corrected chi connectivity index (χ2v) is 8.51. The number of rotatable bonds is 7. The van der Waals surface area contributed by atoms with Gasteiger partial charge in [0.05, 0.1) is 12.7 Å². The summed E-state index contributed by atoms with van der Waals surface area (Å²) in [6, 6.07) is 0. The Kier molecular flexibility index (Phi) is 8.10. The maximum atomic E-state index is 5.82. The summed E-state index contributed by atoms with van der Waals surface area (Å²) in [5.74, 6) is 2.93. The summed E-state index contributed by atoms with van der Waals surface area (Å²) in [5.41, 5.74) is -0.0246. The van der Waals surface area contributed by atoms with Gasteiger partial charge in [0, 0.05) is 51.7 Å². The molecule has 2 heterocycles. The molecule has 0 amide bonds. The molecule has 7 nitrogen and oxygen atoms in total. The van der Waals surface area contributed by atoms with E-state index in [0.717, 1.165) is 31.4 Å². The number of nitrogens with one attached hydrogen (secondary N) is 2. The highest BCUT2D eigenvalue weighted by Gasteiger charge is 2.19. The van der Waals surface area contributed by atoms with E-state index in [-0.39, 0.29) is 5.41 Å². The molecule has 0 radical (unpaired) electrons. The number of guanidine groups is 1. The van der Waals surface area contributed by atoms with Gasteiger partial charge in [-0.1, -0.05) is 34.6 Å². The smallest absolute Gasteiger partial charge is 0.213 e. The number of hydrogen-bond acceptors (Lipinski definition) is 5. The maximum Gasteiger partial charge on any atom is 0.213 e. The average Bonchev–Trinajstić information content (AvgIpc) is 3.12. The van der Waals surface area contributed by atoms with Crippen molar-refractivity contribution in [2.75, 3.05) is 52.9 Å².